The third-order valence-corrected chi connectivity index (χ3v) is 7.14. The first-order chi connectivity index (χ1) is 13.9. The molecule has 0 spiro atoms. The Labute approximate surface area is 170 Å². The molecule has 0 unspecified atom stereocenters. The maximum Gasteiger partial charge on any atom is 0.246 e. The van der Waals surface area contributed by atoms with Crippen LogP contribution in [0.4, 0.5) is 10.1 Å². The van der Waals surface area contributed by atoms with E-state index in [1.54, 1.807) is 29.9 Å². The molecule has 2 aromatic carbocycles. The maximum atomic E-state index is 13.2. The van der Waals surface area contributed by atoms with Gasteiger partial charge in [0.25, 0.3) is 0 Å². The van der Waals surface area contributed by atoms with E-state index >= 15 is 0 Å². The minimum Gasteiger partial charge on any atom is -0.369 e. The average molecular weight is 415 g/mol. The highest BCUT2D eigenvalue weighted by atomic mass is 32.2. The summed E-state index contributed by atoms with van der Waals surface area (Å²) in [6, 6.07) is 16.1. The van der Waals surface area contributed by atoms with Crippen molar-refractivity contribution in [2.24, 2.45) is 0 Å². The summed E-state index contributed by atoms with van der Waals surface area (Å²) in [5.74, 6) is -0.280. The fraction of sp³-hybridized carbons (Fsp3) is 0.286. The van der Waals surface area contributed by atoms with Crippen molar-refractivity contribution in [3.8, 4) is 0 Å². The number of benzene rings is 2. The minimum atomic E-state index is -3.61. The molecule has 2 heterocycles. The molecule has 1 fully saturated rings. The summed E-state index contributed by atoms with van der Waals surface area (Å²) in [5.41, 5.74) is 2.46. The van der Waals surface area contributed by atoms with Gasteiger partial charge in [-0.05, 0) is 36.8 Å². The summed E-state index contributed by atoms with van der Waals surface area (Å²) >= 11 is 0. The summed E-state index contributed by atoms with van der Waals surface area (Å²) in [7, 11) is -3.61. The molecule has 0 bridgehead atoms. The zero-order valence-electron chi connectivity index (χ0n) is 16.2. The smallest absolute Gasteiger partial charge is 0.246 e. The number of sulfonamides is 1. The Balaban J connectivity index is 1.47. The highest BCUT2D eigenvalue weighted by molar-refractivity contribution is 7.89. The molecule has 0 saturated carbocycles. The standard InChI is InChI=1S/C21H23FN4O2S/c1-17-21(16-25(23-17)15-18-5-3-2-4-6-18)29(27,28)26-13-11-24(12-14-26)20-9-7-19(22)8-10-20/h2-10,16H,11-15H2,1H3. The molecule has 29 heavy (non-hydrogen) atoms. The van der Waals surface area contributed by atoms with Gasteiger partial charge in [0.2, 0.25) is 10.0 Å². The Morgan fingerprint density at radius 1 is 0.966 bits per heavy atom. The molecule has 0 amide bonds. The Kier molecular flexibility index (Phi) is 5.38. The van der Waals surface area contributed by atoms with Crippen LogP contribution in [0.3, 0.4) is 0 Å². The van der Waals surface area contributed by atoms with E-state index in [0.29, 0.717) is 38.4 Å². The number of hydrogen-bond acceptors (Lipinski definition) is 4. The number of aryl methyl sites for hydroxylation is 1. The number of nitrogens with zero attached hydrogens (tertiary/aromatic N) is 4. The summed E-state index contributed by atoms with van der Waals surface area (Å²) < 4.78 is 42.6. The number of piperazine rings is 1. The highest BCUT2D eigenvalue weighted by Gasteiger charge is 2.31. The summed E-state index contributed by atoms with van der Waals surface area (Å²) in [6.45, 7) is 4.12. The predicted molar refractivity (Wildman–Crippen MR) is 110 cm³/mol. The molecular weight excluding hydrogens is 391 g/mol. The molecule has 1 saturated heterocycles. The third kappa shape index (κ3) is 4.18. The van der Waals surface area contributed by atoms with E-state index in [4.69, 9.17) is 0 Å². The second-order valence-electron chi connectivity index (χ2n) is 7.13. The summed E-state index contributed by atoms with van der Waals surface area (Å²) in [6.07, 6.45) is 1.62. The molecule has 3 aromatic rings. The number of aromatic nitrogens is 2. The quantitative estimate of drug-likeness (QED) is 0.644. The highest BCUT2D eigenvalue weighted by Crippen LogP contribution is 2.23. The lowest BCUT2D eigenvalue weighted by Gasteiger charge is -2.35. The predicted octanol–water partition coefficient (Wildman–Crippen LogP) is 2.89. The molecule has 1 aliphatic heterocycles. The van der Waals surface area contributed by atoms with Crippen LogP contribution in [0.25, 0.3) is 0 Å². The second kappa shape index (κ2) is 7.96. The maximum absolute atomic E-state index is 13.2. The van der Waals surface area contributed by atoms with Crippen molar-refractivity contribution in [2.45, 2.75) is 18.4 Å². The van der Waals surface area contributed by atoms with Gasteiger partial charge < -0.3 is 4.90 Å². The Morgan fingerprint density at radius 3 is 2.28 bits per heavy atom. The van der Waals surface area contributed by atoms with E-state index in [2.05, 4.69) is 10.00 Å². The summed E-state index contributed by atoms with van der Waals surface area (Å²) in [5, 5.41) is 4.40. The van der Waals surface area contributed by atoms with Gasteiger partial charge in [-0.25, -0.2) is 12.8 Å². The van der Waals surface area contributed by atoms with Crippen molar-refractivity contribution in [3.63, 3.8) is 0 Å². The Bertz CT molecular complexity index is 1070. The number of rotatable bonds is 5. The number of anilines is 1. The fourth-order valence-electron chi connectivity index (χ4n) is 3.58. The van der Waals surface area contributed by atoms with Gasteiger partial charge in [0, 0.05) is 38.1 Å². The monoisotopic (exact) mass is 414 g/mol. The van der Waals surface area contributed by atoms with E-state index in [9.17, 15) is 12.8 Å². The van der Waals surface area contributed by atoms with Crippen molar-refractivity contribution >= 4 is 15.7 Å². The lowest BCUT2D eigenvalue weighted by molar-refractivity contribution is 0.384. The minimum absolute atomic E-state index is 0.253. The molecule has 0 radical (unpaired) electrons. The molecule has 152 valence electrons. The topological polar surface area (TPSA) is 58.4 Å². The SMILES string of the molecule is Cc1nn(Cc2ccccc2)cc1S(=O)(=O)N1CCN(c2ccc(F)cc2)CC1. The van der Waals surface area contributed by atoms with E-state index in [1.807, 2.05) is 30.3 Å². The Hall–Kier alpha value is -2.71. The van der Waals surface area contributed by atoms with E-state index in [-0.39, 0.29) is 10.7 Å². The van der Waals surface area contributed by atoms with Gasteiger partial charge in [-0.2, -0.15) is 9.40 Å². The average Bonchev–Trinajstić information content (AvgIpc) is 3.10. The molecule has 4 rings (SSSR count). The molecule has 0 aliphatic carbocycles. The van der Waals surface area contributed by atoms with Crippen LogP contribution in [-0.4, -0.2) is 48.7 Å². The van der Waals surface area contributed by atoms with Crippen molar-refractivity contribution in [1.82, 2.24) is 14.1 Å². The van der Waals surface area contributed by atoms with Crippen LogP contribution < -0.4 is 4.90 Å². The van der Waals surface area contributed by atoms with Crippen LogP contribution in [0.15, 0.2) is 65.7 Å². The zero-order chi connectivity index (χ0) is 20.4. The molecule has 1 aliphatic rings. The number of halogens is 1. The van der Waals surface area contributed by atoms with Crippen molar-refractivity contribution < 1.29 is 12.8 Å². The van der Waals surface area contributed by atoms with Crippen LogP contribution in [0.2, 0.25) is 0 Å². The van der Waals surface area contributed by atoms with E-state index in [1.165, 1.54) is 16.4 Å². The molecule has 6 nitrogen and oxygen atoms in total. The van der Waals surface area contributed by atoms with Gasteiger partial charge in [-0.15, -0.1) is 0 Å². The van der Waals surface area contributed by atoms with Crippen LogP contribution in [0, 0.1) is 12.7 Å². The van der Waals surface area contributed by atoms with Crippen LogP contribution in [-0.2, 0) is 16.6 Å². The molecule has 0 atom stereocenters. The summed E-state index contributed by atoms with van der Waals surface area (Å²) in [4.78, 5) is 2.32. The van der Waals surface area contributed by atoms with Gasteiger partial charge in [0.05, 0.1) is 12.2 Å². The van der Waals surface area contributed by atoms with Crippen LogP contribution >= 0.6 is 0 Å². The van der Waals surface area contributed by atoms with Gasteiger partial charge in [0.15, 0.2) is 0 Å². The van der Waals surface area contributed by atoms with Crippen molar-refractivity contribution in [2.75, 3.05) is 31.1 Å². The van der Waals surface area contributed by atoms with E-state index < -0.39 is 10.0 Å². The normalized spacial score (nSPS) is 15.6. The van der Waals surface area contributed by atoms with Crippen molar-refractivity contribution in [3.05, 3.63) is 77.9 Å². The first-order valence-corrected chi connectivity index (χ1v) is 11.0. The second-order valence-corrected chi connectivity index (χ2v) is 9.04. The van der Waals surface area contributed by atoms with Crippen molar-refractivity contribution in [1.29, 1.82) is 0 Å². The first kappa shape index (κ1) is 19.6. The first-order valence-electron chi connectivity index (χ1n) is 9.52. The van der Waals surface area contributed by atoms with Gasteiger partial charge in [-0.3, -0.25) is 4.68 Å². The van der Waals surface area contributed by atoms with Gasteiger partial charge in [-0.1, -0.05) is 30.3 Å². The fourth-order valence-corrected chi connectivity index (χ4v) is 5.17. The van der Waals surface area contributed by atoms with Gasteiger partial charge in [0.1, 0.15) is 10.7 Å². The molecular formula is C21H23FN4O2S. The zero-order valence-corrected chi connectivity index (χ0v) is 17.0. The van der Waals surface area contributed by atoms with Gasteiger partial charge >= 0.3 is 0 Å². The van der Waals surface area contributed by atoms with E-state index in [0.717, 1.165) is 11.3 Å². The largest absolute Gasteiger partial charge is 0.369 e. The van der Waals surface area contributed by atoms with Crippen LogP contribution in [0.5, 0.6) is 0 Å². The lowest BCUT2D eigenvalue weighted by Crippen LogP contribution is -2.48. The third-order valence-electron chi connectivity index (χ3n) is 5.14. The lowest BCUT2D eigenvalue weighted by atomic mass is 10.2. The molecule has 8 heteroatoms. The number of hydrogen-bond donors (Lipinski definition) is 0. The molecule has 1 aromatic heterocycles. The molecule has 0 N–H and O–H groups in total. The Morgan fingerprint density at radius 2 is 1.62 bits per heavy atom. The van der Waals surface area contributed by atoms with Crippen LogP contribution in [0.1, 0.15) is 11.3 Å².